The van der Waals surface area contributed by atoms with Gasteiger partial charge in [0.15, 0.2) is 0 Å². The molecule has 74 valence electrons. The molecule has 0 aromatic carbocycles. The van der Waals surface area contributed by atoms with E-state index >= 15 is 0 Å². The van der Waals surface area contributed by atoms with Crippen LogP contribution in [0.2, 0.25) is 0 Å². The zero-order chi connectivity index (χ0) is 9.84. The van der Waals surface area contributed by atoms with E-state index in [1.807, 2.05) is 13.8 Å². The summed E-state index contributed by atoms with van der Waals surface area (Å²) in [7, 11) is 0. The minimum atomic E-state index is -2.76. The molecular formula is C9H13F2NO. The summed E-state index contributed by atoms with van der Waals surface area (Å²) < 4.78 is 25.0. The molecule has 1 rings (SSSR count). The highest BCUT2D eigenvalue weighted by molar-refractivity contribution is 5.21. The molecule has 0 aliphatic heterocycles. The van der Waals surface area contributed by atoms with Gasteiger partial charge in [0.25, 0.3) is 0 Å². The maximum absolute atomic E-state index is 11.9. The number of aryl methyl sites for hydroxylation is 1. The fourth-order valence-electron chi connectivity index (χ4n) is 1.37. The minimum Gasteiger partial charge on any atom is -0.344 e. The molecule has 0 bridgehead atoms. The number of hydrogen-bond acceptors (Lipinski definition) is 1. The molecule has 0 fully saturated rings. The maximum Gasteiger partial charge on any atom is 0.405 e. The van der Waals surface area contributed by atoms with Crippen LogP contribution in [0.25, 0.3) is 0 Å². The van der Waals surface area contributed by atoms with Crippen LogP contribution in [0.1, 0.15) is 25.1 Å². The van der Waals surface area contributed by atoms with Gasteiger partial charge in [-0.3, -0.25) is 0 Å². The Labute approximate surface area is 76.1 Å². The van der Waals surface area contributed by atoms with Crippen LogP contribution in [0.3, 0.4) is 0 Å². The van der Waals surface area contributed by atoms with Gasteiger partial charge in [-0.1, -0.05) is 13.8 Å². The second-order valence-electron chi connectivity index (χ2n) is 2.69. The molecule has 0 radical (unpaired) electrons. The lowest BCUT2D eigenvalue weighted by atomic mass is 10.1. The van der Waals surface area contributed by atoms with Crippen LogP contribution < -0.4 is 4.84 Å². The number of rotatable bonds is 4. The Balaban J connectivity index is 2.87. The molecule has 0 atom stereocenters. The fourth-order valence-corrected chi connectivity index (χ4v) is 1.37. The average molecular weight is 189 g/mol. The quantitative estimate of drug-likeness (QED) is 0.708. The lowest BCUT2D eigenvalue weighted by molar-refractivity contribution is -0.134. The van der Waals surface area contributed by atoms with Crippen molar-refractivity contribution in [2.75, 3.05) is 0 Å². The van der Waals surface area contributed by atoms with Crippen LogP contribution in [-0.2, 0) is 12.8 Å². The van der Waals surface area contributed by atoms with Crippen molar-refractivity contribution in [2.24, 2.45) is 0 Å². The molecule has 1 heterocycles. The van der Waals surface area contributed by atoms with Crippen LogP contribution in [0.4, 0.5) is 8.78 Å². The highest BCUT2D eigenvalue weighted by Gasteiger charge is 2.10. The topological polar surface area (TPSA) is 14.2 Å². The first-order valence-electron chi connectivity index (χ1n) is 4.33. The fraction of sp³-hybridized carbons (Fsp3) is 0.556. The van der Waals surface area contributed by atoms with Gasteiger partial charge >= 0.3 is 6.61 Å². The van der Waals surface area contributed by atoms with E-state index < -0.39 is 6.61 Å². The molecule has 1 aromatic heterocycles. The van der Waals surface area contributed by atoms with Crippen LogP contribution in [0.15, 0.2) is 12.3 Å². The number of aromatic nitrogens is 1. The second-order valence-corrected chi connectivity index (χ2v) is 2.69. The van der Waals surface area contributed by atoms with E-state index in [4.69, 9.17) is 0 Å². The summed E-state index contributed by atoms with van der Waals surface area (Å²) >= 11 is 0. The largest absolute Gasteiger partial charge is 0.405 e. The molecular weight excluding hydrogens is 176 g/mol. The van der Waals surface area contributed by atoms with Crippen molar-refractivity contribution in [3.05, 3.63) is 23.5 Å². The molecule has 0 spiro atoms. The van der Waals surface area contributed by atoms with Gasteiger partial charge in [0.05, 0.1) is 5.69 Å². The van der Waals surface area contributed by atoms with Crippen molar-refractivity contribution in [1.82, 2.24) is 4.73 Å². The van der Waals surface area contributed by atoms with Crippen molar-refractivity contribution < 1.29 is 13.6 Å². The summed E-state index contributed by atoms with van der Waals surface area (Å²) in [4.78, 5) is 4.30. The van der Waals surface area contributed by atoms with Gasteiger partial charge in [-0.05, 0) is 24.5 Å². The number of nitrogens with zero attached hydrogens (tertiary/aromatic N) is 1. The molecule has 0 saturated heterocycles. The molecule has 2 nitrogen and oxygen atoms in total. The second kappa shape index (κ2) is 4.25. The predicted octanol–water partition coefficient (Wildman–Crippen LogP) is 2.26. The zero-order valence-corrected chi connectivity index (χ0v) is 7.76. The third-order valence-corrected chi connectivity index (χ3v) is 1.96. The molecule has 0 saturated carbocycles. The Kier molecular flexibility index (Phi) is 3.28. The molecule has 0 N–H and O–H groups in total. The molecule has 0 aliphatic rings. The normalized spacial score (nSPS) is 10.8. The summed E-state index contributed by atoms with van der Waals surface area (Å²) in [6, 6.07) is 1.81. The molecule has 0 amide bonds. The lowest BCUT2D eigenvalue weighted by Gasteiger charge is -2.09. The predicted molar refractivity (Wildman–Crippen MR) is 45.8 cm³/mol. The van der Waals surface area contributed by atoms with Gasteiger partial charge < -0.3 is 4.84 Å². The van der Waals surface area contributed by atoms with Crippen LogP contribution in [-0.4, -0.2) is 11.3 Å². The maximum atomic E-state index is 11.9. The minimum absolute atomic E-state index is 0.697. The van der Waals surface area contributed by atoms with Crippen molar-refractivity contribution in [3.8, 4) is 0 Å². The first kappa shape index (κ1) is 10.0. The van der Waals surface area contributed by atoms with Crippen molar-refractivity contribution >= 4 is 0 Å². The Bertz CT molecular complexity index is 271. The molecule has 4 heteroatoms. The van der Waals surface area contributed by atoms with Crippen molar-refractivity contribution in [3.63, 3.8) is 0 Å². The number of hydrogen-bond donors (Lipinski definition) is 0. The van der Waals surface area contributed by atoms with Gasteiger partial charge in [0.2, 0.25) is 0 Å². The van der Waals surface area contributed by atoms with Gasteiger partial charge in [-0.15, -0.1) is 0 Å². The van der Waals surface area contributed by atoms with E-state index in [0.717, 1.165) is 22.4 Å². The van der Waals surface area contributed by atoms with Gasteiger partial charge in [0.1, 0.15) is 0 Å². The molecule has 0 aliphatic carbocycles. The van der Waals surface area contributed by atoms with Crippen LogP contribution in [0.5, 0.6) is 0 Å². The Morgan fingerprint density at radius 3 is 2.54 bits per heavy atom. The van der Waals surface area contributed by atoms with E-state index in [1.54, 1.807) is 6.07 Å². The summed E-state index contributed by atoms with van der Waals surface area (Å²) in [6.45, 7) is 1.14. The van der Waals surface area contributed by atoms with Gasteiger partial charge in [-0.25, -0.2) is 0 Å². The summed E-state index contributed by atoms with van der Waals surface area (Å²) in [5.41, 5.74) is 1.88. The van der Waals surface area contributed by atoms with E-state index in [2.05, 4.69) is 4.84 Å². The van der Waals surface area contributed by atoms with E-state index in [1.165, 1.54) is 6.20 Å². The van der Waals surface area contributed by atoms with Gasteiger partial charge in [0, 0.05) is 6.20 Å². The van der Waals surface area contributed by atoms with E-state index in [9.17, 15) is 8.78 Å². The smallest absolute Gasteiger partial charge is 0.344 e. The summed E-state index contributed by atoms with van der Waals surface area (Å²) in [5, 5.41) is 0. The Hall–Kier alpha value is -1.06. The lowest BCUT2D eigenvalue weighted by Crippen LogP contribution is -2.18. The van der Waals surface area contributed by atoms with Crippen molar-refractivity contribution in [2.45, 2.75) is 33.3 Å². The van der Waals surface area contributed by atoms with Crippen LogP contribution in [0, 0.1) is 0 Å². The first-order chi connectivity index (χ1) is 6.19. The highest BCUT2D eigenvalue weighted by Crippen LogP contribution is 2.12. The van der Waals surface area contributed by atoms with E-state index in [-0.39, 0.29) is 0 Å². The highest BCUT2D eigenvalue weighted by atomic mass is 19.3. The molecule has 0 unspecified atom stereocenters. The first-order valence-corrected chi connectivity index (χ1v) is 4.33. The van der Waals surface area contributed by atoms with E-state index in [0.29, 0.717) is 6.42 Å². The molecule has 13 heavy (non-hydrogen) atoms. The Morgan fingerprint density at radius 2 is 2.08 bits per heavy atom. The summed E-state index contributed by atoms with van der Waals surface area (Å²) in [5.74, 6) is 0. The van der Waals surface area contributed by atoms with Crippen molar-refractivity contribution in [1.29, 1.82) is 0 Å². The standard InChI is InChI=1S/C9H13F2NO/c1-3-7-5-6-12(8(7)4-2)13-9(10)11/h5-6,9H,3-4H2,1-2H3. The Morgan fingerprint density at radius 1 is 1.38 bits per heavy atom. The SMILES string of the molecule is CCc1ccn(OC(F)F)c1CC. The third kappa shape index (κ3) is 2.20. The number of alkyl halides is 2. The summed E-state index contributed by atoms with van der Waals surface area (Å²) in [6.07, 6.45) is 3.06. The molecule has 1 aromatic rings. The van der Waals surface area contributed by atoms with Gasteiger partial charge in [-0.2, -0.15) is 13.5 Å². The number of halogens is 2. The monoisotopic (exact) mass is 189 g/mol. The average Bonchev–Trinajstić information content (AvgIpc) is 2.45. The van der Waals surface area contributed by atoms with Crippen LogP contribution >= 0.6 is 0 Å². The zero-order valence-electron chi connectivity index (χ0n) is 7.76. The third-order valence-electron chi connectivity index (χ3n) is 1.96.